The van der Waals surface area contributed by atoms with E-state index in [1.807, 2.05) is 0 Å². The van der Waals surface area contributed by atoms with Crippen molar-refractivity contribution in [1.29, 1.82) is 0 Å². The van der Waals surface area contributed by atoms with E-state index in [9.17, 15) is 0 Å². The van der Waals surface area contributed by atoms with Gasteiger partial charge in [-0.25, -0.2) is 0 Å². The second-order valence-corrected chi connectivity index (χ2v) is 5.41. The van der Waals surface area contributed by atoms with Gasteiger partial charge >= 0.3 is 0 Å². The quantitative estimate of drug-likeness (QED) is 0.556. The summed E-state index contributed by atoms with van der Waals surface area (Å²) in [5, 5.41) is 0. The van der Waals surface area contributed by atoms with Crippen LogP contribution in [0.4, 0.5) is 0 Å². The largest absolute Gasteiger partial charge is 0.0651 e. The van der Waals surface area contributed by atoms with Gasteiger partial charge < -0.3 is 0 Å². The third-order valence-corrected chi connectivity index (χ3v) is 4.64. The number of rotatable bonds is 1. The molecule has 2 aliphatic carbocycles. The molecule has 0 heteroatoms. The zero-order valence-corrected chi connectivity index (χ0v) is 9.15. The molecule has 1 unspecified atom stereocenters. The summed E-state index contributed by atoms with van der Waals surface area (Å²) in [6.07, 6.45) is 15.3. The smallest absolute Gasteiger partial charge is 0.0297 e. The highest BCUT2D eigenvalue weighted by atomic mass is 14.4. The minimum absolute atomic E-state index is 0.837. The molecule has 0 heterocycles. The Morgan fingerprint density at radius 1 is 0.923 bits per heavy atom. The van der Waals surface area contributed by atoms with Gasteiger partial charge in [-0.3, -0.25) is 0 Å². The lowest BCUT2D eigenvalue weighted by atomic mass is 9.79. The van der Waals surface area contributed by atoms with Crippen molar-refractivity contribution in [2.24, 2.45) is 11.3 Å². The fourth-order valence-corrected chi connectivity index (χ4v) is 3.58. The highest BCUT2D eigenvalue weighted by molar-refractivity contribution is 4.87. The maximum absolute atomic E-state index is 2.37. The Balaban J connectivity index is 1.93. The van der Waals surface area contributed by atoms with E-state index < -0.39 is 0 Å². The minimum Gasteiger partial charge on any atom is -0.0651 e. The van der Waals surface area contributed by atoms with Gasteiger partial charge in [-0.1, -0.05) is 39.0 Å². The molecule has 1 spiro atoms. The standard InChI is InChI=1S/C13H24/c1-2-12-6-5-10-13(11-7-12)8-3-4-9-13/h12H,2-11H2,1H3. The van der Waals surface area contributed by atoms with Gasteiger partial charge in [0.15, 0.2) is 0 Å². The molecule has 0 saturated heterocycles. The SMILES string of the molecule is CCC1CCCC2(CCCC2)CC1. The van der Waals surface area contributed by atoms with Crippen LogP contribution in [0.3, 0.4) is 0 Å². The first-order chi connectivity index (χ1) is 6.35. The topological polar surface area (TPSA) is 0 Å². The molecule has 2 aliphatic rings. The van der Waals surface area contributed by atoms with Gasteiger partial charge in [0.05, 0.1) is 0 Å². The van der Waals surface area contributed by atoms with Crippen LogP contribution in [0.25, 0.3) is 0 Å². The van der Waals surface area contributed by atoms with Crippen molar-refractivity contribution in [3.8, 4) is 0 Å². The van der Waals surface area contributed by atoms with E-state index in [1.54, 1.807) is 25.7 Å². The van der Waals surface area contributed by atoms with Gasteiger partial charge in [0.25, 0.3) is 0 Å². The third-order valence-electron chi connectivity index (χ3n) is 4.64. The Labute approximate surface area is 83.1 Å². The average Bonchev–Trinajstić information content (AvgIpc) is 2.49. The van der Waals surface area contributed by atoms with Crippen molar-refractivity contribution in [1.82, 2.24) is 0 Å². The van der Waals surface area contributed by atoms with E-state index in [2.05, 4.69) is 6.92 Å². The van der Waals surface area contributed by atoms with Crippen LogP contribution in [0.2, 0.25) is 0 Å². The monoisotopic (exact) mass is 180 g/mol. The summed E-state index contributed by atoms with van der Waals surface area (Å²) in [4.78, 5) is 0. The van der Waals surface area contributed by atoms with Crippen LogP contribution in [0, 0.1) is 11.3 Å². The van der Waals surface area contributed by atoms with Crippen LogP contribution in [0.5, 0.6) is 0 Å². The summed E-state index contributed by atoms with van der Waals surface area (Å²) in [7, 11) is 0. The summed E-state index contributed by atoms with van der Waals surface area (Å²) in [5.41, 5.74) is 0.837. The Kier molecular flexibility index (Phi) is 2.96. The fourth-order valence-electron chi connectivity index (χ4n) is 3.58. The van der Waals surface area contributed by atoms with E-state index in [-0.39, 0.29) is 0 Å². The van der Waals surface area contributed by atoms with Crippen LogP contribution in [0.1, 0.15) is 71.1 Å². The maximum Gasteiger partial charge on any atom is -0.0297 e. The van der Waals surface area contributed by atoms with Gasteiger partial charge in [-0.15, -0.1) is 0 Å². The fraction of sp³-hybridized carbons (Fsp3) is 1.00. The van der Waals surface area contributed by atoms with E-state index >= 15 is 0 Å². The first kappa shape index (κ1) is 9.55. The average molecular weight is 180 g/mol. The lowest BCUT2D eigenvalue weighted by Crippen LogP contribution is -2.14. The van der Waals surface area contributed by atoms with Crippen LogP contribution in [-0.2, 0) is 0 Å². The molecule has 13 heavy (non-hydrogen) atoms. The molecule has 2 rings (SSSR count). The van der Waals surface area contributed by atoms with Gasteiger partial charge in [-0.2, -0.15) is 0 Å². The van der Waals surface area contributed by atoms with Crippen molar-refractivity contribution in [2.45, 2.75) is 71.1 Å². The molecule has 2 fully saturated rings. The Morgan fingerprint density at radius 2 is 1.62 bits per heavy atom. The molecule has 0 amide bonds. The van der Waals surface area contributed by atoms with Crippen molar-refractivity contribution < 1.29 is 0 Å². The summed E-state index contributed by atoms with van der Waals surface area (Å²) in [6.45, 7) is 2.37. The van der Waals surface area contributed by atoms with E-state index in [1.165, 1.54) is 38.5 Å². The Hall–Kier alpha value is 0. The molecule has 0 radical (unpaired) electrons. The van der Waals surface area contributed by atoms with E-state index in [0.29, 0.717) is 0 Å². The Morgan fingerprint density at radius 3 is 2.31 bits per heavy atom. The predicted molar refractivity (Wildman–Crippen MR) is 57.8 cm³/mol. The third kappa shape index (κ3) is 2.08. The molecule has 1 atom stereocenters. The zero-order valence-electron chi connectivity index (χ0n) is 9.15. The zero-order chi connectivity index (χ0) is 9.15. The highest BCUT2D eigenvalue weighted by Gasteiger charge is 2.35. The molecule has 76 valence electrons. The summed E-state index contributed by atoms with van der Waals surface area (Å²) >= 11 is 0. The molecular weight excluding hydrogens is 156 g/mol. The van der Waals surface area contributed by atoms with Crippen molar-refractivity contribution in [3.05, 3.63) is 0 Å². The summed E-state index contributed by atoms with van der Waals surface area (Å²) in [5.74, 6) is 1.07. The van der Waals surface area contributed by atoms with E-state index in [4.69, 9.17) is 0 Å². The molecule has 0 aromatic heterocycles. The van der Waals surface area contributed by atoms with Gasteiger partial charge in [-0.05, 0) is 43.4 Å². The molecule has 0 aromatic rings. The molecule has 2 saturated carbocycles. The molecular formula is C13H24. The lowest BCUT2D eigenvalue weighted by Gasteiger charge is -2.27. The highest BCUT2D eigenvalue weighted by Crippen LogP contribution is 2.49. The van der Waals surface area contributed by atoms with Crippen molar-refractivity contribution in [2.75, 3.05) is 0 Å². The van der Waals surface area contributed by atoms with Gasteiger partial charge in [0.2, 0.25) is 0 Å². The number of hydrogen-bond donors (Lipinski definition) is 0. The van der Waals surface area contributed by atoms with Crippen LogP contribution >= 0.6 is 0 Å². The predicted octanol–water partition coefficient (Wildman–Crippen LogP) is 4.54. The van der Waals surface area contributed by atoms with Gasteiger partial charge in [0.1, 0.15) is 0 Å². The van der Waals surface area contributed by atoms with Crippen LogP contribution < -0.4 is 0 Å². The second kappa shape index (κ2) is 4.02. The van der Waals surface area contributed by atoms with E-state index in [0.717, 1.165) is 11.3 Å². The number of hydrogen-bond acceptors (Lipinski definition) is 0. The normalized spacial score (nSPS) is 33.5. The van der Waals surface area contributed by atoms with Crippen LogP contribution in [0.15, 0.2) is 0 Å². The minimum atomic E-state index is 0.837. The van der Waals surface area contributed by atoms with Crippen molar-refractivity contribution in [3.63, 3.8) is 0 Å². The van der Waals surface area contributed by atoms with Crippen molar-refractivity contribution >= 4 is 0 Å². The Bertz CT molecular complexity index is 153. The van der Waals surface area contributed by atoms with Crippen LogP contribution in [-0.4, -0.2) is 0 Å². The molecule has 0 bridgehead atoms. The lowest BCUT2D eigenvalue weighted by molar-refractivity contribution is 0.249. The first-order valence-corrected chi connectivity index (χ1v) is 6.35. The molecule has 0 nitrogen and oxygen atoms in total. The molecule has 0 N–H and O–H groups in total. The maximum atomic E-state index is 2.37. The first-order valence-electron chi connectivity index (χ1n) is 6.35. The van der Waals surface area contributed by atoms with Gasteiger partial charge in [0, 0.05) is 0 Å². The second-order valence-electron chi connectivity index (χ2n) is 5.41. The summed E-state index contributed by atoms with van der Waals surface area (Å²) in [6, 6.07) is 0. The molecule has 0 aromatic carbocycles. The summed E-state index contributed by atoms with van der Waals surface area (Å²) < 4.78 is 0. The molecule has 0 aliphatic heterocycles.